The Morgan fingerprint density at radius 1 is 1.11 bits per heavy atom. The molecule has 0 spiro atoms. The smallest absolute Gasteiger partial charge is 0.291 e. The van der Waals surface area contributed by atoms with Gasteiger partial charge in [0.05, 0.1) is 23.8 Å². The summed E-state index contributed by atoms with van der Waals surface area (Å²) in [6.45, 7) is 0.227. The number of furan rings is 1. The Balaban J connectivity index is 1.43. The van der Waals surface area contributed by atoms with Gasteiger partial charge in [0.15, 0.2) is 5.76 Å². The monoisotopic (exact) mass is 438 g/mol. The van der Waals surface area contributed by atoms with Crippen LogP contribution in [-0.4, -0.2) is 20.9 Å². The molecule has 140 valence electrons. The second kappa shape index (κ2) is 8.10. The highest BCUT2D eigenvalue weighted by Crippen LogP contribution is 2.21. The number of nitrogens with zero attached hydrogens (tertiary/aromatic N) is 3. The van der Waals surface area contributed by atoms with Gasteiger partial charge in [-0.3, -0.25) is 4.79 Å². The number of carbonyl (C=O) groups is 1. The molecule has 0 atom stereocenters. The Labute approximate surface area is 169 Å². The number of aromatic nitrogens is 3. The predicted octanol–water partition coefficient (Wildman–Crippen LogP) is 4.45. The van der Waals surface area contributed by atoms with E-state index in [1.807, 2.05) is 42.5 Å². The minimum Gasteiger partial charge on any atom is -0.486 e. The quantitative estimate of drug-likeness (QED) is 0.480. The Morgan fingerprint density at radius 2 is 1.93 bits per heavy atom. The molecule has 7 nitrogen and oxygen atoms in total. The van der Waals surface area contributed by atoms with Crippen LogP contribution in [0.3, 0.4) is 0 Å². The zero-order chi connectivity index (χ0) is 19.3. The molecule has 0 aliphatic heterocycles. The number of halogens is 1. The van der Waals surface area contributed by atoms with E-state index < -0.39 is 0 Å². The van der Waals surface area contributed by atoms with Gasteiger partial charge >= 0.3 is 0 Å². The van der Waals surface area contributed by atoms with Gasteiger partial charge in [-0.05, 0) is 48.5 Å². The van der Waals surface area contributed by atoms with E-state index in [1.165, 1.54) is 0 Å². The summed E-state index contributed by atoms with van der Waals surface area (Å²) in [5, 5.41) is 10.6. The van der Waals surface area contributed by atoms with Crippen molar-refractivity contribution in [2.24, 2.45) is 0 Å². The maximum Gasteiger partial charge on any atom is 0.291 e. The van der Waals surface area contributed by atoms with Crippen LogP contribution in [0.25, 0.3) is 5.69 Å². The molecule has 4 rings (SSSR count). The van der Waals surface area contributed by atoms with Crippen molar-refractivity contribution < 1.29 is 13.9 Å². The number of amides is 1. The van der Waals surface area contributed by atoms with Crippen molar-refractivity contribution in [1.29, 1.82) is 0 Å². The van der Waals surface area contributed by atoms with Gasteiger partial charge < -0.3 is 14.5 Å². The zero-order valence-corrected chi connectivity index (χ0v) is 16.2. The van der Waals surface area contributed by atoms with Crippen molar-refractivity contribution in [2.75, 3.05) is 5.32 Å². The summed E-state index contributed by atoms with van der Waals surface area (Å²) in [5.74, 6) is 1.11. The lowest BCUT2D eigenvalue weighted by Crippen LogP contribution is -2.13. The van der Waals surface area contributed by atoms with Gasteiger partial charge in [0.1, 0.15) is 18.1 Å². The van der Waals surface area contributed by atoms with Crippen LogP contribution < -0.4 is 10.1 Å². The van der Waals surface area contributed by atoms with Crippen molar-refractivity contribution in [3.8, 4) is 11.4 Å². The zero-order valence-electron chi connectivity index (χ0n) is 14.6. The molecule has 0 unspecified atom stereocenters. The predicted molar refractivity (Wildman–Crippen MR) is 106 cm³/mol. The number of carbonyl (C=O) groups excluding carboxylic acids is 1. The van der Waals surface area contributed by atoms with Crippen LogP contribution in [-0.2, 0) is 6.61 Å². The highest BCUT2D eigenvalue weighted by Gasteiger charge is 2.14. The molecule has 8 heteroatoms. The molecule has 2 aromatic carbocycles. The van der Waals surface area contributed by atoms with Crippen molar-refractivity contribution in [1.82, 2.24) is 15.0 Å². The fourth-order valence-electron chi connectivity index (χ4n) is 2.56. The first-order valence-electron chi connectivity index (χ1n) is 8.43. The van der Waals surface area contributed by atoms with E-state index in [9.17, 15) is 4.79 Å². The molecule has 0 saturated heterocycles. The lowest BCUT2D eigenvalue weighted by atomic mass is 10.2. The molecular weight excluding hydrogens is 424 g/mol. The lowest BCUT2D eigenvalue weighted by Gasteiger charge is -2.09. The van der Waals surface area contributed by atoms with Gasteiger partial charge in [-0.2, -0.15) is 0 Å². The second-order valence-electron chi connectivity index (χ2n) is 5.83. The summed E-state index contributed by atoms with van der Waals surface area (Å²) in [6, 6.07) is 18.1. The van der Waals surface area contributed by atoms with Crippen molar-refractivity contribution in [2.45, 2.75) is 6.61 Å². The molecule has 4 aromatic rings. The maximum atomic E-state index is 12.6. The van der Waals surface area contributed by atoms with E-state index in [4.69, 9.17) is 9.15 Å². The van der Waals surface area contributed by atoms with Gasteiger partial charge in [0.25, 0.3) is 5.91 Å². The Bertz CT molecular complexity index is 1080. The standard InChI is InChI=1S/C20H15BrN4O3/c21-14-5-7-15(8-6-14)27-13-16-9-10-19(28-16)20(26)23-17-3-1-2-4-18(17)25-12-11-22-24-25/h1-12H,13H2,(H,23,26). The molecule has 1 N–H and O–H groups in total. The molecule has 0 radical (unpaired) electrons. The third kappa shape index (κ3) is 4.12. The summed E-state index contributed by atoms with van der Waals surface area (Å²) in [4.78, 5) is 12.6. The molecule has 2 aromatic heterocycles. The third-order valence-corrected chi connectivity index (χ3v) is 4.43. The molecule has 0 aliphatic rings. The van der Waals surface area contributed by atoms with E-state index in [0.717, 1.165) is 4.47 Å². The Morgan fingerprint density at radius 3 is 2.71 bits per heavy atom. The van der Waals surface area contributed by atoms with Gasteiger partial charge in [-0.15, -0.1) is 5.10 Å². The van der Waals surface area contributed by atoms with Gasteiger partial charge in [-0.25, -0.2) is 4.68 Å². The highest BCUT2D eigenvalue weighted by atomic mass is 79.9. The number of nitrogens with one attached hydrogen (secondary N) is 1. The van der Waals surface area contributed by atoms with E-state index in [0.29, 0.717) is 22.9 Å². The highest BCUT2D eigenvalue weighted by molar-refractivity contribution is 9.10. The first kappa shape index (κ1) is 18.0. The summed E-state index contributed by atoms with van der Waals surface area (Å²) in [7, 11) is 0. The Hall–Kier alpha value is -3.39. The number of hydrogen-bond donors (Lipinski definition) is 1. The SMILES string of the molecule is O=C(Nc1ccccc1-n1ccnn1)c1ccc(COc2ccc(Br)cc2)o1. The Kier molecular flexibility index (Phi) is 5.20. The number of anilines is 1. The average Bonchev–Trinajstić information content (AvgIpc) is 3.40. The molecule has 0 aliphatic carbocycles. The molecule has 2 heterocycles. The molecular formula is C20H15BrN4O3. The van der Waals surface area contributed by atoms with E-state index in [1.54, 1.807) is 35.3 Å². The minimum absolute atomic E-state index is 0.197. The molecule has 28 heavy (non-hydrogen) atoms. The summed E-state index contributed by atoms with van der Waals surface area (Å²) in [5.41, 5.74) is 1.31. The number of benzene rings is 2. The number of ether oxygens (including phenoxy) is 1. The number of rotatable bonds is 6. The van der Waals surface area contributed by atoms with Gasteiger partial charge in [0, 0.05) is 4.47 Å². The second-order valence-corrected chi connectivity index (χ2v) is 6.74. The van der Waals surface area contributed by atoms with Gasteiger partial charge in [-0.1, -0.05) is 33.3 Å². The van der Waals surface area contributed by atoms with Crippen molar-refractivity contribution in [3.05, 3.63) is 89.1 Å². The molecule has 0 fully saturated rings. The van der Waals surface area contributed by atoms with E-state index in [-0.39, 0.29) is 18.3 Å². The van der Waals surface area contributed by atoms with Crippen LogP contribution in [0.15, 0.2) is 81.9 Å². The minimum atomic E-state index is -0.359. The number of para-hydroxylation sites is 2. The van der Waals surface area contributed by atoms with Crippen LogP contribution >= 0.6 is 15.9 Å². The van der Waals surface area contributed by atoms with E-state index in [2.05, 4.69) is 31.6 Å². The van der Waals surface area contributed by atoms with Crippen LogP contribution in [0.2, 0.25) is 0 Å². The van der Waals surface area contributed by atoms with E-state index >= 15 is 0 Å². The average molecular weight is 439 g/mol. The topological polar surface area (TPSA) is 82.2 Å². The largest absolute Gasteiger partial charge is 0.486 e. The normalized spacial score (nSPS) is 10.6. The van der Waals surface area contributed by atoms with Crippen LogP contribution in [0.5, 0.6) is 5.75 Å². The van der Waals surface area contributed by atoms with Crippen LogP contribution in [0.4, 0.5) is 5.69 Å². The van der Waals surface area contributed by atoms with Crippen LogP contribution in [0.1, 0.15) is 16.3 Å². The molecule has 1 amide bonds. The van der Waals surface area contributed by atoms with Gasteiger partial charge in [0.2, 0.25) is 0 Å². The first-order chi connectivity index (χ1) is 13.7. The summed E-state index contributed by atoms with van der Waals surface area (Å²) >= 11 is 3.38. The molecule has 0 saturated carbocycles. The third-order valence-electron chi connectivity index (χ3n) is 3.90. The number of hydrogen-bond acceptors (Lipinski definition) is 5. The van der Waals surface area contributed by atoms with Crippen molar-refractivity contribution >= 4 is 27.5 Å². The summed E-state index contributed by atoms with van der Waals surface area (Å²) < 4.78 is 13.8. The fourth-order valence-corrected chi connectivity index (χ4v) is 2.83. The van der Waals surface area contributed by atoms with Crippen LogP contribution in [0, 0.1) is 0 Å². The molecule has 0 bridgehead atoms. The van der Waals surface area contributed by atoms with Crippen molar-refractivity contribution in [3.63, 3.8) is 0 Å². The maximum absolute atomic E-state index is 12.6. The summed E-state index contributed by atoms with van der Waals surface area (Å²) in [6.07, 6.45) is 3.28. The fraction of sp³-hybridized carbons (Fsp3) is 0.0500. The lowest BCUT2D eigenvalue weighted by molar-refractivity contribution is 0.0992. The first-order valence-corrected chi connectivity index (χ1v) is 9.22.